The summed E-state index contributed by atoms with van der Waals surface area (Å²) in [6.45, 7) is 0. The molecule has 0 saturated carbocycles. The minimum Gasteiger partial charge on any atom is -0.401 e. The van der Waals surface area contributed by atoms with Crippen LogP contribution in [0.25, 0.3) is 11.0 Å². The molecule has 0 aliphatic carbocycles. The second kappa shape index (κ2) is 2.85. The Morgan fingerprint density at radius 1 is 1.46 bits per heavy atom. The van der Waals surface area contributed by atoms with Gasteiger partial charge in [-0.25, -0.2) is 0 Å². The van der Waals surface area contributed by atoms with Crippen LogP contribution in [0.4, 0.5) is 5.88 Å². The summed E-state index contributed by atoms with van der Waals surface area (Å²) in [6.07, 6.45) is 0. The zero-order valence-electron chi connectivity index (χ0n) is 6.36. The number of fused-ring (bicyclic) bond motifs is 1. The highest BCUT2D eigenvalue weighted by Gasteiger charge is 2.14. The number of hydrogen-bond donors (Lipinski definition) is 0. The van der Waals surface area contributed by atoms with Gasteiger partial charge >= 0.3 is 5.88 Å². The van der Waals surface area contributed by atoms with Crippen LogP contribution in [0.3, 0.4) is 0 Å². The lowest BCUT2D eigenvalue weighted by Crippen LogP contribution is -1.82. The number of nitro groups is 1. The second-order valence-electron chi connectivity index (χ2n) is 2.49. The lowest BCUT2D eigenvalue weighted by molar-refractivity contribution is -0.401. The summed E-state index contributed by atoms with van der Waals surface area (Å²) in [4.78, 5) is 9.83. The quantitative estimate of drug-likeness (QED) is 0.570. The third-order valence-corrected chi connectivity index (χ3v) is 2.37. The lowest BCUT2D eigenvalue weighted by Gasteiger charge is -1.87. The van der Waals surface area contributed by atoms with Crippen molar-refractivity contribution in [2.24, 2.45) is 0 Å². The third-order valence-electron chi connectivity index (χ3n) is 1.68. The van der Waals surface area contributed by atoms with E-state index < -0.39 is 4.92 Å². The van der Waals surface area contributed by atoms with Crippen molar-refractivity contribution in [2.45, 2.75) is 0 Å². The van der Waals surface area contributed by atoms with E-state index >= 15 is 0 Å². The molecule has 0 aliphatic heterocycles. The summed E-state index contributed by atoms with van der Waals surface area (Å²) in [5, 5.41) is 11.1. The second-order valence-corrected chi connectivity index (χ2v) is 3.35. The molecule has 1 aromatic heterocycles. The first-order valence-electron chi connectivity index (χ1n) is 3.51. The van der Waals surface area contributed by atoms with E-state index in [1.807, 2.05) is 6.07 Å². The number of hydrogen-bond acceptors (Lipinski definition) is 3. The number of benzene rings is 1. The predicted molar refractivity (Wildman–Crippen MR) is 50.6 cm³/mol. The molecule has 0 amide bonds. The molecule has 0 N–H and O–H groups in total. The molecule has 0 bridgehead atoms. The summed E-state index contributed by atoms with van der Waals surface area (Å²) < 4.78 is 5.77. The Balaban J connectivity index is 2.75. The average Bonchev–Trinajstić information content (AvgIpc) is 2.49. The minimum absolute atomic E-state index is 0.234. The van der Waals surface area contributed by atoms with Crippen LogP contribution in [0.5, 0.6) is 0 Å². The highest BCUT2D eigenvalue weighted by atomic mass is 79.9. The molecule has 0 saturated heterocycles. The van der Waals surface area contributed by atoms with Gasteiger partial charge in [-0.15, -0.1) is 0 Å². The van der Waals surface area contributed by atoms with E-state index in [0.717, 1.165) is 4.47 Å². The van der Waals surface area contributed by atoms with Crippen molar-refractivity contribution in [3.63, 3.8) is 0 Å². The van der Waals surface area contributed by atoms with Crippen molar-refractivity contribution in [3.8, 4) is 0 Å². The monoisotopic (exact) mass is 241 g/mol. The summed E-state index contributed by atoms with van der Waals surface area (Å²) in [5.41, 5.74) is 0.515. The van der Waals surface area contributed by atoms with E-state index in [1.165, 1.54) is 6.07 Å². The Kier molecular flexibility index (Phi) is 1.81. The molecule has 5 heteroatoms. The number of nitrogens with zero attached hydrogens (tertiary/aromatic N) is 1. The molecule has 13 heavy (non-hydrogen) atoms. The van der Waals surface area contributed by atoms with Gasteiger partial charge in [-0.1, -0.05) is 22.0 Å². The Morgan fingerprint density at radius 3 is 2.85 bits per heavy atom. The van der Waals surface area contributed by atoms with Gasteiger partial charge in [-0.2, -0.15) is 0 Å². The molecular formula is C8H4BrNO3. The maximum Gasteiger partial charge on any atom is 0.434 e. The van der Waals surface area contributed by atoms with Crippen molar-refractivity contribution in [3.05, 3.63) is 38.9 Å². The van der Waals surface area contributed by atoms with Crippen LogP contribution < -0.4 is 0 Å². The first-order valence-corrected chi connectivity index (χ1v) is 4.30. The first kappa shape index (κ1) is 8.25. The largest absolute Gasteiger partial charge is 0.434 e. The molecule has 0 aliphatic rings. The smallest absolute Gasteiger partial charge is 0.401 e. The summed E-state index contributed by atoms with van der Waals surface area (Å²) in [6, 6.07) is 6.66. The predicted octanol–water partition coefficient (Wildman–Crippen LogP) is 3.10. The highest BCUT2D eigenvalue weighted by molar-refractivity contribution is 9.10. The van der Waals surface area contributed by atoms with Gasteiger partial charge in [0.2, 0.25) is 0 Å². The van der Waals surface area contributed by atoms with Gasteiger partial charge in [-0.3, -0.25) is 10.1 Å². The van der Waals surface area contributed by atoms with E-state index in [0.29, 0.717) is 11.0 Å². The standard InChI is InChI=1S/C8H4BrNO3/c9-6-2-1-3-7-5(6)4-8(13-7)10(11)12/h1-4H. The van der Waals surface area contributed by atoms with Crippen LogP contribution in [-0.2, 0) is 0 Å². The van der Waals surface area contributed by atoms with Crippen LogP contribution in [-0.4, -0.2) is 4.92 Å². The van der Waals surface area contributed by atoms with Gasteiger partial charge in [-0.05, 0) is 12.1 Å². The molecule has 0 fully saturated rings. The van der Waals surface area contributed by atoms with Gasteiger partial charge in [0.1, 0.15) is 10.5 Å². The molecule has 1 aromatic carbocycles. The SMILES string of the molecule is O=[N+]([O-])c1cc2c(Br)cccc2o1. The van der Waals surface area contributed by atoms with Crippen LogP contribution in [0, 0.1) is 10.1 Å². The normalized spacial score (nSPS) is 10.5. The van der Waals surface area contributed by atoms with Gasteiger partial charge in [0.25, 0.3) is 0 Å². The maximum atomic E-state index is 10.4. The Bertz CT molecular complexity index is 477. The molecule has 0 atom stereocenters. The lowest BCUT2D eigenvalue weighted by atomic mass is 10.3. The van der Waals surface area contributed by atoms with Crippen LogP contribution in [0.1, 0.15) is 0 Å². The Morgan fingerprint density at radius 2 is 2.23 bits per heavy atom. The first-order chi connectivity index (χ1) is 6.18. The molecule has 1 heterocycles. The van der Waals surface area contributed by atoms with Crippen molar-refractivity contribution in [2.75, 3.05) is 0 Å². The maximum absolute atomic E-state index is 10.4. The summed E-state index contributed by atoms with van der Waals surface area (Å²) in [5.74, 6) is -0.234. The molecular weight excluding hydrogens is 238 g/mol. The fraction of sp³-hybridized carbons (Fsp3) is 0. The molecule has 2 aromatic rings. The van der Waals surface area contributed by atoms with Crippen molar-refractivity contribution < 1.29 is 9.34 Å². The molecule has 0 unspecified atom stereocenters. The number of furan rings is 1. The van der Waals surface area contributed by atoms with E-state index in [-0.39, 0.29) is 5.88 Å². The minimum atomic E-state index is -0.549. The Labute approximate surface area is 81.4 Å². The van der Waals surface area contributed by atoms with Crippen molar-refractivity contribution in [1.29, 1.82) is 0 Å². The third kappa shape index (κ3) is 1.31. The molecule has 0 radical (unpaired) electrons. The fourth-order valence-corrected chi connectivity index (χ4v) is 1.56. The number of rotatable bonds is 1. The zero-order valence-corrected chi connectivity index (χ0v) is 7.95. The van der Waals surface area contributed by atoms with Crippen LogP contribution in [0.2, 0.25) is 0 Å². The molecule has 0 spiro atoms. The van der Waals surface area contributed by atoms with E-state index in [4.69, 9.17) is 4.42 Å². The Hall–Kier alpha value is -1.36. The molecule has 2 rings (SSSR count). The van der Waals surface area contributed by atoms with Crippen molar-refractivity contribution >= 4 is 32.8 Å². The van der Waals surface area contributed by atoms with Crippen LogP contribution in [0.15, 0.2) is 33.2 Å². The van der Waals surface area contributed by atoms with Gasteiger partial charge in [0.15, 0.2) is 0 Å². The molecule has 66 valence electrons. The molecule has 4 nitrogen and oxygen atoms in total. The fourth-order valence-electron chi connectivity index (χ4n) is 1.10. The average molecular weight is 242 g/mol. The van der Waals surface area contributed by atoms with E-state index in [2.05, 4.69) is 15.9 Å². The van der Waals surface area contributed by atoms with Crippen LogP contribution >= 0.6 is 15.9 Å². The van der Waals surface area contributed by atoms with Gasteiger partial charge < -0.3 is 4.42 Å². The zero-order chi connectivity index (χ0) is 9.42. The summed E-state index contributed by atoms with van der Waals surface area (Å²) >= 11 is 3.28. The highest BCUT2D eigenvalue weighted by Crippen LogP contribution is 2.30. The van der Waals surface area contributed by atoms with Gasteiger partial charge in [0.05, 0.1) is 6.07 Å². The van der Waals surface area contributed by atoms with E-state index in [1.54, 1.807) is 12.1 Å². The topological polar surface area (TPSA) is 56.3 Å². The van der Waals surface area contributed by atoms with Gasteiger partial charge in [0, 0.05) is 9.86 Å². The van der Waals surface area contributed by atoms with Crippen molar-refractivity contribution in [1.82, 2.24) is 0 Å². The number of halogens is 1. The van der Waals surface area contributed by atoms with E-state index in [9.17, 15) is 10.1 Å². The summed E-state index contributed by atoms with van der Waals surface area (Å²) in [7, 11) is 0.